The van der Waals surface area contributed by atoms with Crippen LogP contribution in [0.5, 0.6) is 5.75 Å². The number of non-ortho nitro benzene ring substituents is 1. The van der Waals surface area contributed by atoms with Crippen molar-refractivity contribution < 1.29 is 14.8 Å². The fourth-order valence-corrected chi connectivity index (χ4v) is 3.36. The maximum Gasteiger partial charge on any atom is 0.273 e. The molecule has 2 atom stereocenters. The van der Waals surface area contributed by atoms with Gasteiger partial charge in [0.2, 0.25) is 0 Å². The molecular weight excluding hydrogens is 254 g/mol. The smallest absolute Gasteiger partial charge is 0.273 e. The Labute approximate surface area is 109 Å². The van der Waals surface area contributed by atoms with Gasteiger partial charge in [-0.05, 0) is 29.7 Å². The lowest BCUT2D eigenvalue weighted by molar-refractivity contribution is -0.385. The summed E-state index contributed by atoms with van der Waals surface area (Å²) in [5.41, 5.74) is 0.872. The van der Waals surface area contributed by atoms with Gasteiger partial charge in [0.05, 0.1) is 24.2 Å². The average Bonchev–Trinajstić information content (AvgIpc) is 2.74. The minimum atomic E-state index is -0.425. The molecule has 1 fully saturated rings. The summed E-state index contributed by atoms with van der Waals surface area (Å²) >= 11 is 1.71. The summed E-state index contributed by atoms with van der Waals surface area (Å²) in [7, 11) is 1.49. The SMILES string of the molecule is COc1cc(CC2CSCC2O)cc([N+](=O)[O-])c1. The van der Waals surface area contributed by atoms with E-state index in [1.54, 1.807) is 23.9 Å². The molecule has 18 heavy (non-hydrogen) atoms. The van der Waals surface area contributed by atoms with Crippen molar-refractivity contribution in [2.24, 2.45) is 5.92 Å². The summed E-state index contributed by atoms with van der Waals surface area (Å²) in [5.74, 6) is 2.30. The zero-order chi connectivity index (χ0) is 13.1. The second kappa shape index (κ2) is 5.58. The lowest BCUT2D eigenvalue weighted by Gasteiger charge is -2.13. The normalized spacial score (nSPS) is 23.0. The van der Waals surface area contributed by atoms with Crippen LogP contribution in [-0.2, 0) is 6.42 Å². The summed E-state index contributed by atoms with van der Waals surface area (Å²) in [6.45, 7) is 0. The van der Waals surface area contributed by atoms with Gasteiger partial charge in [0.15, 0.2) is 0 Å². The molecule has 0 amide bonds. The predicted molar refractivity (Wildman–Crippen MR) is 70.2 cm³/mol. The summed E-state index contributed by atoms with van der Waals surface area (Å²) in [6, 6.07) is 4.75. The Morgan fingerprint density at radius 3 is 2.83 bits per heavy atom. The van der Waals surface area contributed by atoms with Gasteiger partial charge in [0.1, 0.15) is 5.75 Å². The number of rotatable bonds is 4. The van der Waals surface area contributed by atoms with Gasteiger partial charge in [0.25, 0.3) is 5.69 Å². The van der Waals surface area contributed by atoms with Crippen LogP contribution in [0, 0.1) is 16.0 Å². The number of nitro groups is 1. The van der Waals surface area contributed by atoms with E-state index in [9.17, 15) is 15.2 Å². The first-order valence-corrected chi connectivity index (χ1v) is 6.84. The highest BCUT2D eigenvalue weighted by atomic mass is 32.2. The first-order valence-electron chi connectivity index (χ1n) is 5.68. The van der Waals surface area contributed by atoms with Crippen molar-refractivity contribution >= 4 is 17.4 Å². The van der Waals surface area contributed by atoms with Crippen LogP contribution in [0.4, 0.5) is 5.69 Å². The number of benzene rings is 1. The number of nitrogens with zero attached hydrogens (tertiary/aromatic N) is 1. The number of nitro benzene ring substituents is 1. The third-order valence-corrected chi connectivity index (χ3v) is 4.30. The molecule has 0 aliphatic carbocycles. The molecule has 0 saturated carbocycles. The predicted octanol–water partition coefficient (Wildman–Crippen LogP) is 1.87. The van der Waals surface area contributed by atoms with E-state index < -0.39 is 4.92 Å². The maximum absolute atomic E-state index is 10.8. The molecule has 1 aliphatic heterocycles. The zero-order valence-electron chi connectivity index (χ0n) is 10.0. The highest BCUT2D eigenvalue weighted by Gasteiger charge is 2.26. The first-order chi connectivity index (χ1) is 8.60. The summed E-state index contributed by atoms with van der Waals surface area (Å²) in [4.78, 5) is 10.4. The lowest BCUT2D eigenvalue weighted by Crippen LogP contribution is -2.19. The van der Waals surface area contributed by atoms with Crippen molar-refractivity contribution in [3.8, 4) is 5.75 Å². The van der Waals surface area contributed by atoms with Crippen molar-refractivity contribution in [2.75, 3.05) is 18.6 Å². The molecule has 1 heterocycles. The van der Waals surface area contributed by atoms with E-state index in [2.05, 4.69) is 0 Å². The zero-order valence-corrected chi connectivity index (χ0v) is 10.9. The highest BCUT2D eigenvalue weighted by Crippen LogP contribution is 2.30. The third kappa shape index (κ3) is 2.94. The Hall–Kier alpha value is -1.27. The third-order valence-electron chi connectivity index (χ3n) is 3.06. The van der Waals surface area contributed by atoms with Gasteiger partial charge in [-0.3, -0.25) is 10.1 Å². The van der Waals surface area contributed by atoms with Crippen molar-refractivity contribution in [3.05, 3.63) is 33.9 Å². The molecule has 2 unspecified atom stereocenters. The minimum absolute atomic E-state index is 0.0319. The standard InChI is InChI=1S/C12H15NO4S/c1-17-11-4-8(3-10(5-11)13(15)16)2-9-6-18-7-12(9)14/h3-5,9,12,14H,2,6-7H2,1H3. The number of thioether (sulfide) groups is 1. The maximum atomic E-state index is 10.8. The number of methoxy groups -OCH3 is 1. The van der Waals surface area contributed by atoms with Crippen LogP contribution in [0.15, 0.2) is 18.2 Å². The molecule has 5 nitrogen and oxygen atoms in total. The number of hydrogen-bond donors (Lipinski definition) is 1. The van der Waals surface area contributed by atoms with Gasteiger partial charge in [-0.25, -0.2) is 0 Å². The van der Waals surface area contributed by atoms with E-state index in [1.807, 2.05) is 0 Å². The molecule has 6 heteroatoms. The van der Waals surface area contributed by atoms with Crippen molar-refractivity contribution in [2.45, 2.75) is 12.5 Å². The molecule has 1 aromatic rings. The quantitative estimate of drug-likeness (QED) is 0.667. The van der Waals surface area contributed by atoms with Crippen molar-refractivity contribution in [1.29, 1.82) is 0 Å². The molecule has 0 bridgehead atoms. The number of hydrogen-bond acceptors (Lipinski definition) is 5. The summed E-state index contributed by atoms with van der Waals surface area (Å²) in [6.07, 6.45) is 0.326. The van der Waals surface area contributed by atoms with Gasteiger partial charge in [-0.15, -0.1) is 0 Å². The van der Waals surface area contributed by atoms with Crippen LogP contribution >= 0.6 is 11.8 Å². The van der Waals surface area contributed by atoms with Crippen LogP contribution in [-0.4, -0.2) is 34.7 Å². The largest absolute Gasteiger partial charge is 0.496 e. The molecule has 1 aromatic carbocycles. The number of aliphatic hydroxyl groups is 1. The van der Waals surface area contributed by atoms with Gasteiger partial charge in [0, 0.05) is 11.8 Å². The Kier molecular flexibility index (Phi) is 4.08. The molecular formula is C12H15NO4S. The van der Waals surface area contributed by atoms with Crippen LogP contribution in [0.2, 0.25) is 0 Å². The fourth-order valence-electron chi connectivity index (χ4n) is 2.07. The van der Waals surface area contributed by atoms with Gasteiger partial charge in [-0.1, -0.05) is 0 Å². The van der Waals surface area contributed by atoms with Crippen molar-refractivity contribution in [3.63, 3.8) is 0 Å². The van der Waals surface area contributed by atoms with E-state index >= 15 is 0 Å². The second-order valence-electron chi connectivity index (χ2n) is 4.37. The average molecular weight is 269 g/mol. The van der Waals surface area contributed by atoms with Gasteiger partial charge >= 0.3 is 0 Å². The fraction of sp³-hybridized carbons (Fsp3) is 0.500. The van der Waals surface area contributed by atoms with E-state index in [-0.39, 0.29) is 17.7 Å². The molecule has 2 rings (SSSR count). The molecule has 1 saturated heterocycles. The van der Waals surface area contributed by atoms with E-state index in [4.69, 9.17) is 4.74 Å². The van der Waals surface area contributed by atoms with Crippen LogP contribution in [0.1, 0.15) is 5.56 Å². The molecule has 1 aliphatic rings. The Morgan fingerprint density at radius 2 is 2.28 bits per heavy atom. The van der Waals surface area contributed by atoms with E-state index in [0.717, 1.165) is 17.1 Å². The van der Waals surface area contributed by atoms with E-state index in [0.29, 0.717) is 12.2 Å². The lowest BCUT2D eigenvalue weighted by atomic mass is 9.96. The van der Waals surface area contributed by atoms with Gasteiger partial charge < -0.3 is 9.84 Å². The molecule has 0 spiro atoms. The monoisotopic (exact) mass is 269 g/mol. The van der Waals surface area contributed by atoms with Crippen LogP contribution in [0.3, 0.4) is 0 Å². The van der Waals surface area contributed by atoms with E-state index in [1.165, 1.54) is 13.2 Å². The molecule has 0 radical (unpaired) electrons. The Bertz CT molecular complexity index is 452. The number of aliphatic hydroxyl groups excluding tert-OH is 1. The molecule has 98 valence electrons. The Balaban J connectivity index is 2.21. The van der Waals surface area contributed by atoms with Crippen molar-refractivity contribution in [1.82, 2.24) is 0 Å². The Morgan fingerprint density at radius 1 is 1.50 bits per heavy atom. The molecule has 0 aromatic heterocycles. The topological polar surface area (TPSA) is 72.6 Å². The summed E-state index contributed by atoms with van der Waals surface area (Å²) in [5, 5.41) is 20.6. The van der Waals surface area contributed by atoms with Gasteiger partial charge in [-0.2, -0.15) is 11.8 Å². The molecule has 1 N–H and O–H groups in total. The number of ether oxygens (including phenoxy) is 1. The van der Waals surface area contributed by atoms with Crippen LogP contribution < -0.4 is 4.74 Å². The minimum Gasteiger partial charge on any atom is -0.496 e. The highest BCUT2D eigenvalue weighted by molar-refractivity contribution is 7.99. The van der Waals surface area contributed by atoms with Crippen LogP contribution in [0.25, 0.3) is 0 Å². The summed E-state index contributed by atoms with van der Waals surface area (Å²) < 4.78 is 5.06. The second-order valence-corrected chi connectivity index (χ2v) is 5.44. The first kappa shape index (κ1) is 13.2.